The highest BCUT2D eigenvalue weighted by Crippen LogP contribution is 2.27. The second-order valence-corrected chi connectivity index (χ2v) is 5.85. The van der Waals surface area contributed by atoms with Crippen molar-refractivity contribution in [1.82, 2.24) is 20.2 Å². The van der Waals surface area contributed by atoms with Gasteiger partial charge in [0.1, 0.15) is 0 Å². The molecule has 2 aromatic carbocycles. The van der Waals surface area contributed by atoms with E-state index in [1.807, 2.05) is 42.5 Å². The van der Waals surface area contributed by atoms with Gasteiger partial charge in [0.25, 0.3) is 0 Å². The van der Waals surface area contributed by atoms with Crippen LogP contribution in [0, 0.1) is 0 Å². The number of tetrazole rings is 1. The Bertz CT molecular complexity index is 1030. The fraction of sp³-hybridized carbons (Fsp3) is 0.0667. The summed E-state index contributed by atoms with van der Waals surface area (Å²) in [5, 5.41) is 13.0. The van der Waals surface area contributed by atoms with Crippen LogP contribution >= 0.6 is 11.3 Å². The van der Waals surface area contributed by atoms with E-state index in [0.717, 1.165) is 25.7 Å². The maximum atomic E-state index is 12.5. The molecule has 0 atom stereocenters. The predicted octanol–water partition coefficient (Wildman–Crippen LogP) is 2.61. The lowest BCUT2D eigenvalue weighted by Gasteiger charge is -2.03. The fourth-order valence-corrected chi connectivity index (χ4v) is 3.53. The third-order valence-corrected chi connectivity index (χ3v) is 4.59. The summed E-state index contributed by atoms with van der Waals surface area (Å²) >= 11 is 1.60. The SMILES string of the molecule is Cn1nnnc1-c1ccc2c(=O)c3ccccc3sc2c1. The summed E-state index contributed by atoms with van der Waals surface area (Å²) in [6.07, 6.45) is 0. The summed E-state index contributed by atoms with van der Waals surface area (Å²) in [6, 6.07) is 13.4. The molecular formula is C15H10N4OS. The number of fused-ring (bicyclic) bond motifs is 2. The van der Waals surface area contributed by atoms with Gasteiger partial charge in [-0.2, -0.15) is 0 Å². The number of benzene rings is 2. The van der Waals surface area contributed by atoms with E-state index in [2.05, 4.69) is 15.5 Å². The molecular weight excluding hydrogens is 284 g/mol. The summed E-state index contributed by atoms with van der Waals surface area (Å²) < 4.78 is 3.55. The molecule has 0 amide bonds. The smallest absolute Gasteiger partial charge is 0.195 e. The van der Waals surface area contributed by atoms with Gasteiger partial charge in [-0.1, -0.05) is 18.2 Å². The Balaban J connectivity index is 2.06. The Morgan fingerprint density at radius 2 is 1.86 bits per heavy atom. The summed E-state index contributed by atoms with van der Waals surface area (Å²) in [5.41, 5.74) is 0.975. The van der Waals surface area contributed by atoms with Crippen molar-refractivity contribution in [3.8, 4) is 11.4 Å². The molecule has 21 heavy (non-hydrogen) atoms. The molecule has 4 aromatic rings. The van der Waals surface area contributed by atoms with Gasteiger partial charge in [0, 0.05) is 32.8 Å². The molecule has 6 heteroatoms. The molecule has 2 heterocycles. The van der Waals surface area contributed by atoms with Crippen molar-refractivity contribution in [2.75, 3.05) is 0 Å². The van der Waals surface area contributed by atoms with Crippen LogP contribution in [0.15, 0.2) is 47.3 Å². The van der Waals surface area contributed by atoms with Crippen LogP contribution in [-0.2, 0) is 7.05 Å². The molecule has 0 aliphatic carbocycles. The number of nitrogens with zero attached hydrogens (tertiary/aromatic N) is 4. The Morgan fingerprint density at radius 3 is 2.67 bits per heavy atom. The highest BCUT2D eigenvalue weighted by Gasteiger charge is 2.10. The van der Waals surface area contributed by atoms with Crippen LogP contribution in [0.2, 0.25) is 0 Å². The summed E-state index contributed by atoms with van der Waals surface area (Å²) in [4.78, 5) is 12.5. The predicted molar refractivity (Wildman–Crippen MR) is 83.4 cm³/mol. The van der Waals surface area contributed by atoms with Crippen molar-refractivity contribution >= 4 is 31.5 Å². The van der Waals surface area contributed by atoms with E-state index in [1.165, 1.54) is 0 Å². The molecule has 0 aliphatic rings. The molecule has 5 nitrogen and oxygen atoms in total. The average molecular weight is 294 g/mol. The van der Waals surface area contributed by atoms with Crippen molar-refractivity contribution in [3.63, 3.8) is 0 Å². The van der Waals surface area contributed by atoms with Gasteiger partial charge in [-0.15, -0.1) is 16.4 Å². The van der Waals surface area contributed by atoms with E-state index < -0.39 is 0 Å². The largest absolute Gasteiger partial charge is 0.289 e. The number of hydrogen-bond acceptors (Lipinski definition) is 5. The lowest BCUT2D eigenvalue weighted by atomic mass is 10.1. The van der Waals surface area contributed by atoms with Gasteiger partial charge in [-0.25, -0.2) is 4.68 Å². The Kier molecular flexibility index (Phi) is 2.58. The standard InChI is InChI=1S/C15H10N4OS/c1-19-15(16-17-18-19)9-6-7-11-13(8-9)21-12-5-3-2-4-10(12)14(11)20/h2-8H,1H3. The van der Waals surface area contributed by atoms with Crippen LogP contribution in [0.25, 0.3) is 31.6 Å². The first kappa shape index (κ1) is 12.2. The first-order valence-corrected chi connectivity index (χ1v) is 7.24. The molecule has 0 saturated carbocycles. The van der Waals surface area contributed by atoms with E-state index in [4.69, 9.17) is 0 Å². The Hall–Kier alpha value is -2.60. The van der Waals surface area contributed by atoms with Crippen molar-refractivity contribution in [3.05, 3.63) is 52.7 Å². The monoisotopic (exact) mass is 294 g/mol. The van der Waals surface area contributed by atoms with Crippen LogP contribution in [0.1, 0.15) is 0 Å². The zero-order chi connectivity index (χ0) is 14.4. The van der Waals surface area contributed by atoms with Crippen LogP contribution in [0.4, 0.5) is 0 Å². The minimum Gasteiger partial charge on any atom is -0.289 e. The van der Waals surface area contributed by atoms with E-state index >= 15 is 0 Å². The number of hydrogen-bond donors (Lipinski definition) is 0. The third-order valence-electron chi connectivity index (χ3n) is 3.46. The molecule has 4 rings (SSSR count). The minimum atomic E-state index is 0.0713. The van der Waals surface area contributed by atoms with Crippen LogP contribution in [0.5, 0.6) is 0 Å². The van der Waals surface area contributed by atoms with Crippen molar-refractivity contribution in [1.29, 1.82) is 0 Å². The maximum absolute atomic E-state index is 12.5. The summed E-state index contributed by atoms with van der Waals surface area (Å²) in [5.74, 6) is 0.685. The number of aromatic nitrogens is 4. The lowest BCUT2D eigenvalue weighted by Crippen LogP contribution is -2.01. The molecule has 0 unspecified atom stereocenters. The zero-order valence-electron chi connectivity index (χ0n) is 11.1. The summed E-state index contributed by atoms with van der Waals surface area (Å²) in [7, 11) is 1.79. The molecule has 0 fully saturated rings. The van der Waals surface area contributed by atoms with E-state index in [-0.39, 0.29) is 5.43 Å². The highest BCUT2D eigenvalue weighted by atomic mass is 32.1. The van der Waals surface area contributed by atoms with Gasteiger partial charge in [0.05, 0.1) is 0 Å². The average Bonchev–Trinajstić information content (AvgIpc) is 2.93. The van der Waals surface area contributed by atoms with Gasteiger partial charge in [0.2, 0.25) is 0 Å². The zero-order valence-corrected chi connectivity index (χ0v) is 12.0. The lowest BCUT2D eigenvalue weighted by molar-refractivity contribution is 0.715. The molecule has 0 saturated heterocycles. The third kappa shape index (κ3) is 1.84. The van der Waals surface area contributed by atoms with Crippen molar-refractivity contribution in [2.24, 2.45) is 7.05 Å². The van der Waals surface area contributed by atoms with Crippen LogP contribution in [-0.4, -0.2) is 20.2 Å². The Labute approximate surface area is 123 Å². The van der Waals surface area contributed by atoms with E-state index in [0.29, 0.717) is 5.82 Å². The molecule has 2 aromatic heterocycles. The van der Waals surface area contributed by atoms with E-state index in [9.17, 15) is 4.79 Å². The van der Waals surface area contributed by atoms with Crippen molar-refractivity contribution in [2.45, 2.75) is 0 Å². The van der Waals surface area contributed by atoms with Crippen LogP contribution < -0.4 is 5.43 Å². The normalized spacial score (nSPS) is 11.3. The number of aryl methyl sites for hydroxylation is 1. The maximum Gasteiger partial charge on any atom is 0.195 e. The fourth-order valence-electron chi connectivity index (χ4n) is 2.41. The molecule has 0 spiro atoms. The Morgan fingerprint density at radius 1 is 1.05 bits per heavy atom. The highest BCUT2D eigenvalue weighted by molar-refractivity contribution is 7.24. The van der Waals surface area contributed by atoms with E-state index in [1.54, 1.807) is 23.1 Å². The second-order valence-electron chi connectivity index (χ2n) is 4.76. The molecule has 0 N–H and O–H groups in total. The molecule has 0 radical (unpaired) electrons. The topological polar surface area (TPSA) is 60.7 Å². The van der Waals surface area contributed by atoms with Gasteiger partial charge < -0.3 is 0 Å². The number of rotatable bonds is 1. The van der Waals surface area contributed by atoms with Gasteiger partial charge >= 0.3 is 0 Å². The van der Waals surface area contributed by atoms with Gasteiger partial charge in [0.15, 0.2) is 11.3 Å². The second kappa shape index (κ2) is 4.46. The van der Waals surface area contributed by atoms with Crippen LogP contribution in [0.3, 0.4) is 0 Å². The minimum absolute atomic E-state index is 0.0713. The summed E-state index contributed by atoms with van der Waals surface area (Å²) in [6.45, 7) is 0. The van der Waals surface area contributed by atoms with Crippen molar-refractivity contribution < 1.29 is 0 Å². The first-order chi connectivity index (χ1) is 10.2. The molecule has 0 aliphatic heterocycles. The quantitative estimate of drug-likeness (QED) is 0.506. The molecule has 102 valence electrons. The molecule has 0 bridgehead atoms. The van der Waals surface area contributed by atoms with Gasteiger partial charge in [-0.05, 0) is 34.7 Å². The first-order valence-electron chi connectivity index (χ1n) is 6.42. The van der Waals surface area contributed by atoms with Gasteiger partial charge in [-0.3, -0.25) is 4.79 Å².